The zero-order chi connectivity index (χ0) is 19.2. The number of pyridine rings is 1. The second-order valence-corrected chi connectivity index (χ2v) is 6.60. The molecule has 4 rings (SSSR count). The van der Waals surface area contributed by atoms with E-state index in [-0.39, 0.29) is 0 Å². The predicted molar refractivity (Wildman–Crippen MR) is 111 cm³/mol. The highest BCUT2D eigenvalue weighted by Gasteiger charge is 2.20. The normalized spacial score (nSPS) is 14.0. The Bertz CT molecular complexity index is 896. The lowest BCUT2D eigenvalue weighted by Crippen LogP contribution is -2.47. The molecule has 144 valence electrons. The van der Waals surface area contributed by atoms with Crippen molar-refractivity contribution >= 4 is 17.5 Å². The maximum atomic E-state index is 5.50. The zero-order valence-corrected chi connectivity index (χ0v) is 16.0. The summed E-state index contributed by atoms with van der Waals surface area (Å²) in [6, 6.07) is 14.1. The molecule has 1 fully saturated rings. The molecule has 2 aromatic heterocycles. The number of nitrogens with one attached hydrogen (secondary N) is 1. The van der Waals surface area contributed by atoms with E-state index in [1.165, 1.54) is 0 Å². The highest BCUT2D eigenvalue weighted by atomic mass is 16.5. The zero-order valence-electron chi connectivity index (χ0n) is 16.0. The van der Waals surface area contributed by atoms with Crippen LogP contribution in [0.2, 0.25) is 0 Å². The number of methoxy groups -OCH3 is 1. The SMILES string of the molecule is COc1ccccc1N1CCN(c2ccnc(NCc3cccnc3)n2)CC1. The minimum atomic E-state index is 0.633. The van der Waals surface area contributed by atoms with Crippen molar-refractivity contribution in [3.8, 4) is 5.75 Å². The number of hydrogen-bond donors (Lipinski definition) is 1. The first-order valence-corrected chi connectivity index (χ1v) is 9.42. The number of hydrogen-bond acceptors (Lipinski definition) is 7. The van der Waals surface area contributed by atoms with Crippen LogP contribution in [0.15, 0.2) is 61.1 Å². The lowest BCUT2D eigenvalue weighted by atomic mass is 10.2. The van der Waals surface area contributed by atoms with Gasteiger partial charge in [0.2, 0.25) is 5.95 Å². The van der Waals surface area contributed by atoms with E-state index in [2.05, 4.69) is 42.2 Å². The molecule has 1 N–H and O–H groups in total. The van der Waals surface area contributed by atoms with Crippen LogP contribution in [0, 0.1) is 0 Å². The van der Waals surface area contributed by atoms with Gasteiger partial charge in [-0.2, -0.15) is 4.98 Å². The average molecular weight is 376 g/mol. The predicted octanol–water partition coefficient (Wildman–Crippen LogP) is 2.82. The van der Waals surface area contributed by atoms with E-state index in [1.54, 1.807) is 19.5 Å². The Morgan fingerprint density at radius 3 is 2.57 bits per heavy atom. The van der Waals surface area contributed by atoms with Crippen molar-refractivity contribution in [3.05, 3.63) is 66.6 Å². The smallest absolute Gasteiger partial charge is 0.224 e. The van der Waals surface area contributed by atoms with Gasteiger partial charge in [0.05, 0.1) is 12.8 Å². The highest BCUT2D eigenvalue weighted by molar-refractivity contribution is 5.59. The first-order valence-electron chi connectivity index (χ1n) is 9.42. The molecule has 0 unspecified atom stereocenters. The first-order chi connectivity index (χ1) is 13.8. The number of ether oxygens (including phenoxy) is 1. The van der Waals surface area contributed by atoms with Gasteiger partial charge in [0, 0.05) is 51.3 Å². The van der Waals surface area contributed by atoms with Crippen LogP contribution < -0.4 is 19.9 Å². The van der Waals surface area contributed by atoms with Crippen molar-refractivity contribution in [2.24, 2.45) is 0 Å². The molecule has 0 amide bonds. The molecule has 0 bridgehead atoms. The molecule has 7 nitrogen and oxygen atoms in total. The Balaban J connectivity index is 1.38. The van der Waals surface area contributed by atoms with E-state index in [4.69, 9.17) is 4.74 Å². The summed E-state index contributed by atoms with van der Waals surface area (Å²) in [7, 11) is 1.72. The van der Waals surface area contributed by atoms with Crippen molar-refractivity contribution in [1.29, 1.82) is 0 Å². The largest absolute Gasteiger partial charge is 0.495 e. The molecular formula is C21H24N6O. The fourth-order valence-electron chi connectivity index (χ4n) is 3.36. The van der Waals surface area contributed by atoms with Gasteiger partial charge in [0.25, 0.3) is 0 Å². The van der Waals surface area contributed by atoms with Crippen LogP contribution in [-0.4, -0.2) is 48.2 Å². The summed E-state index contributed by atoms with van der Waals surface area (Å²) >= 11 is 0. The molecule has 0 saturated carbocycles. The lowest BCUT2D eigenvalue weighted by Gasteiger charge is -2.37. The molecule has 1 saturated heterocycles. The van der Waals surface area contributed by atoms with E-state index in [0.29, 0.717) is 12.5 Å². The molecule has 3 heterocycles. The molecule has 0 aliphatic carbocycles. The third-order valence-electron chi connectivity index (χ3n) is 4.84. The van der Waals surface area contributed by atoms with Crippen LogP contribution in [0.25, 0.3) is 0 Å². The number of anilines is 3. The number of nitrogens with zero attached hydrogens (tertiary/aromatic N) is 5. The molecule has 1 aliphatic heterocycles. The average Bonchev–Trinajstić information content (AvgIpc) is 2.79. The lowest BCUT2D eigenvalue weighted by molar-refractivity contribution is 0.413. The molecule has 28 heavy (non-hydrogen) atoms. The van der Waals surface area contributed by atoms with Crippen LogP contribution in [-0.2, 0) is 6.54 Å². The monoisotopic (exact) mass is 376 g/mol. The fourth-order valence-corrected chi connectivity index (χ4v) is 3.36. The van der Waals surface area contributed by atoms with Gasteiger partial charge in [-0.3, -0.25) is 4.98 Å². The van der Waals surface area contributed by atoms with Gasteiger partial charge in [-0.25, -0.2) is 4.98 Å². The number of aromatic nitrogens is 3. The van der Waals surface area contributed by atoms with Crippen LogP contribution in [0.1, 0.15) is 5.56 Å². The van der Waals surface area contributed by atoms with E-state index >= 15 is 0 Å². The van der Waals surface area contributed by atoms with Gasteiger partial charge in [-0.15, -0.1) is 0 Å². The van der Waals surface area contributed by atoms with Gasteiger partial charge < -0.3 is 19.9 Å². The molecule has 1 aliphatic rings. The Morgan fingerprint density at radius 2 is 1.79 bits per heavy atom. The number of piperazine rings is 1. The summed E-state index contributed by atoms with van der Waals surface area (Å²) in [5.41, 5.74) is 2.24. The summed E-state index contributed by atoms with van der Waals surface area (Å²) in [5.74, 6) is 2.50. The van der Waals surface area contributed by atoms with Crippen LogP contribution >= 0.6 is 0 Å². The topological polar surface area (TPSA) is 66.4 Å². The summed E-state index contributed by atoms with van der Waals surface area (Å²) in [4.78, 5) is 17.8. The van der Waals surface area contributed by atoms with Crippen molar-refractivity contribution < 1.29 is 4.74 Å². The van der Waals surface area contributed by atoms with Crippen molar-refractivity contribution in [2.45, 2.75) is 6.54 Å². The number of para-hydroxylation sites is 2. The van der Waals surface area contributed by atoms with Gasteiger partial charge in [-0.1, -0.05) is 18.2 Å². The molecule has 0 atom stereocenters. The quantitative estimate of drug-likeness (QED) is 0.709. The van der Waals surface area contributed by atoms with Crippen molar-refractivity contribution in [1.82, 2.24) is 15.0 Å². The molecule has 1 aromatic carbocycles. The minimum absolute atomic E-state index is 0.633. The molecule has 0 radical (unpaired) electrons. The Kier molecular flexibility index (Phi) is 5.51. The first kappa shape index (κ1) is 18.0. The van der Waals surface area contributed by atoms with Crippen molar-refractivity contribution in [2.75, 3.05) is 48.4 Å². The Hall–Kier alpha value is -3.35. The fraction of sp³-hybridized carbons (Fsp3) is 0.286. The Morgan fingerprint density at radius 1 is 0.964 bits per heavy atom. The van der Waals surface area contributed by atoms with Gasteiger partial charge >= 0.3 is 0 Å². The standard InChI is InChI=1S/C21H24N6O/c1-28-19-7-3-2-6-18(19)26-11-13-27(14-12-26)20-8-10-23-21(25-20)24-16-17-5-4-9-22-15-17/h2-10,15H,11-14,16H2,1H3,(H,23,24,25). The third-order valence-corrected chi connectivity index (χ3v) is 4.84. The second-order valence-electron chi connectivity index (χ2n) is 6.60. The van der Waals surface area contributed by atoms with Gasteiger partial charge in [0.1, 0.15) is 11.6 Å². The summed E-state index contributed by atoms with van der Waals surface area (Å²) in [6.07, 6.45) is 5.42. The molecule has 3 aromatic rings. The maximum Gasteiger partial charge on any atom is 0.224 e. The van der Waals surface area contributed by atoms with Crippen molar-refractivity contribution in [3.63, 3.8) is 0 Å². The van der Waals surface area contributed by atoms with Gasteiger partial charge in [0.15, 0.2) is 0 Å². The van der Waals surface area contributed by atoms with E-state index in [0.717, 1.165) is 49.0 Å². The maximum absolute atomic E-state index is 5.50. The second kappa shape index (κ2) is 8.56. The molecule has 0 spiro atoms. The Labute approximate surface area is 165 Å². The summed E-state index contributed by atoms with van der Waals surface area (Å²) < 4.78 is 5.50. The van der Waals surface area contributed by atoms with Crippen LogP contribution in [0.5, 0.6) is 5.75 Å². The molecular weight excluding hydrogens is 352 g/mol. The van der Waals surface area contributed by atoms with Gasteiger partial charge in [-0.05, 0) is 29.8 Å². The summed E-state index contributed by atoms with van der Waals surface area (Å²) in [5, 5.41) is 3.27. The van der Waals surface area contributed by atoms with E-state index in [1.807, 2.05) is 36.5 Å². The minimum Gasteiger partial charge on any atom is -0.495 e. The van der Waals surface area contributed by atoms with E-state index < -0.39 is 0 Å². The number of rotatable bonds is 6. The summed E-state index contributed by atoms with van der Waals surface area (Å²) in [6.45, 7) is 4.29. The number of benzene rings is 1. The van der Waals surface area contributed by atoms with Crippen LogP contribution in [0.4, 0.5) is 17.5 Å². The van der Waals surface area contributed by atoms with E-state index in [9.17, 15) is 0 Å². The molecule has 7 heteroatoms. The third kappa shape index (κ3) is 4.14. The highest BCUT2D eigenvalue weighted by Crippen LogP contribution is 2.29. The van der Waals surface area contributed by atoms with Crippen LogP contribution in [0.3, 0.4) is 0 Å².